The molecule has 2 heterocycles. The summed E-state index contributed by atoms with van der Waals surface area (Å²) in [6.07, 6.45) is -3.13. The highest BCUT2D eigenvalue weighted by molar-refractivity contribution is 7.91. The molecule has 4 rings (SSSR count). The normalized spacial score (nSPS) is 16.2. The number of fused-ring (bicyclic) bond motifs is 1. The molecule has 2 aromatic carbocycles. The molecule has 204 valence electrons. The molecular weight excluding hydrogens is 569 g/mol. The van der Waals surface area contributed by atoms with Crippen LogP contribution in [0.5, 0.6) is 0 Å². The molecule has 9 nitrogen and oxygen atoms in total. The molecule has 1 aliphatic rings. The van der Waals surface area contributed by atoms with Gasteiger partial charge in [-0.15, -0.1) is 11.3 Å². The summed E-state index contributed by atoms with van der Waals surface area (Å²) in [6.45, 7) is 2.62. The number of alkyl halides is 3. The van der Waals surface area contributed by atoms with Crippen molar-refractivity contribution in [3.63, 3.8) is 0 Å². The minimum absolute atomic E-state index is 0.213. The number of hydrogen-bond acceptors (Lipinski definition) is 7. The van der Waals surface area contributed by atoms with Gasteiger partial charge in [-0.2, -0.15) is 23.0 Å². The standard InChI is InChI=1S/C21H21ClN4O3S2.C2HF3O2/c1-13-17-10-16(22)5-6-19(17)30-21(13)31(28,29)25-18-7-8-26(20(18)27)12-15-4-2-3-14(9-15)11-24-23;3-2(4,5)1(6)7/h2-6,9-11,18,25H,7-8,12,23H2,1H3;(H,6,7)/t18-;/m0./s1. The van der Waals surface area contributed by atoms with Crippen LogP contribution in [-0.2, 0) is 26.2 Å². The Labute approximate surface area is 224 Å². The number of carboxylic acid groups (broad SMARTS) is 1. The van der Waals surface area contributed by atoms with Gasteiger partial charge in [-0.05, 0) is 59.7 Å². The van der Waals surface area contributed by atoms with Crippen LogP contribution in [-0.4, -0.2) is 55.3 Å². The SMILES string of the molecule is Cc1c(S(=O)(=O)N[C@H]2CCN(Cc3cccc(C=NN)c3)C2=O)sc2ccc(Cl)cc12.O=C(O)C(F)(F)F. The van der Waals surface area contributed by atoms with Gasteiger partial charge in [-0.1, -0.05) is 29.8 Å². The van der Waals surface area contributed by atoms with E-state index in [9.17, 15) is 26.4 Å². The summed E-state index contributed by atoms with van der Waals surface area (Å²) in [5, 5.41) is 12.0. The first-order valence-corrected chi connectivity index (χ1v) is 13.5. The number of nitrogens with two attached hydrogens (primary N) is 1. The lowest BCUT2D eigenvalue weighted by atomic mass is 10.1. The topological polar surface area (TPSA) is 142 Å². The van der Waals surface area contributed by atoms with E-state index < -0.39 is 28.2 Å². The molecule has 1 aliphatic heterocycles. The van der Waals surface area contributed by atoms with Crippen LogP contribution in [0.3, 0.4) is 0 Å². The smallest absolute Gasteiger partial charge is 0.475 e. The molecule has 0 radical (unpaired) electrons. The Morgan fingerprint density at radius 2 is 2.00 bits per heavy atom. The molecule has 1 amide bonds. The monoisotopic (exact) mass is 590 g/mol. The van der Waals surface area contributed by atoms with Gasteiger partial charge in [0, 0.05) is 22.8 Å². The maximum atomic E-state index is 13.1. The fraction of sp³-hybridized carbons (Fsp3) is 0.261. The second-order valence-electron chi connectivity index (χ2n) is 8.20. The van der Waals surface area contributed by atoms with Gasteiger partial charge >= 0.3 is 12.1 Å². The minimum Gasteiger partial charge on any atom is -0.475 e. The Morgan fingerprint density at radius 3 is 2.63 bits per heavy atom. The number of sulfonamides is 1. The number of aryl methyl sites for hydroxylation is 1. The van der Waals surface area contributed by atoms with Crippen LogP contribution in [0.4, 0.5) is 13.2 Å². The molecule has 4 N–H and O–H groups in total. The van der Waals surface area contributed by atoms with Crippen LogP contribution in [0.25, 0.3) is 10.1 Å². The molecule has 1 atom stereocenters. The number of aliphatic carboxylic acids is 1. The number of likely N-dealkylation sites (tertiary alicyclic amines) is 1. The summed E-state index contributed by atoms with van der Waals surface area (Å²) in [5.74, 6) is 2.21. The van der Waals surface area contributed by atoms with Gasteiger partial charge in [0.1, 0.15) is 10.3 Å². The van der Waals surface area contributed by atoms with E-state index in [0.717, 1.165) is 21.2 Å². The van der Waals surface area contributed by atoms with Crippen LogP contribution < -0.4 is 10.6 Å². The zero-order valence-electron chi connectivity index (χ0n) is 19.7. The molecule has 1 saturated heterocycles. The van der Waals surface area contributed by atoms with Crippen molar-refractivity contribution >= 4 is 61.1 Å². The van der Waals surface area contributed by atoms with Crippen LogP contribution in [0.2, 0.25) is 5.02 Å². The van der Waals surface area contributed by atoms with E-state index in [1.54, 1.807) is 30.0 Å². The third kappa shape index (κ3) is 7.01. The number of benzene rings is 2. The first kappa shape index (κ1) is 29.4. The lowest BCUT2D eigenvalue weighted by molar-refractivity contribution is -0.192. The number of nitrogens with zero attached hydrogens (tertiary/aromatic N) is 2. The predicted octanol–water partition coefficient (Wildman–Crippen LogP) is 3.87. The summed E-state index contributed by atoms with van der Waals surface area (Å²) >= 11 is 7.23. The zero-order valence-corrected chi connectivity index (χ0v) is 22.1. The molecule has 15 heteroatoms. The number of hydrazone groups is 1. The maximum absolute atomic E-state index is 13.1. The number of amides is 1. The van der Waals surface area contributed by atoms with Gasteiger partial charge in [0.15, 0.2) is 0 Å². The summed E-state index contributed by atoms with van der Waals surface area (Å²) in [6, 6.07) is 12.0. The molecular formula is C23H22ClF3N4O5S2. The number of rotatable bonds is 6. The number of carbonyl (C=O) groups excluding carboxylic acids is 1. The van der Waals surface area contributed by atoms with Gasteiger partial charge < -0.3 is 15.8 Å². The Hall–Kier alpha value is -3.20. The van der Waals surface area contributed by atoms with Gasteiger partial charge in [-0.25, -0.2) is 13.2 Å². The van der Waals surface area contributed by atoms with E-state index in [-0.39, 0.29) is 10.1 Å². The van der Waals surface area contributed by atoms with Crippen molar-refractivity contribution in [2.45, 2.75) is 36.3 Å². The van der Waals surface area contributed by atoms with Crippen molar-refractivity contribution < 1.29 is 36.3 Å². The third-order valence-electron chi connectivity index (χ3n) is 5.48. The van der Waals surface area contributed by atoms with E-state index >= 15 is 0 Å². The molecule has 1 aromatic heterocycles. The number of carboxylic acids is 1. The average molecular weight is 591 g/mol. The fourth-order valence-electron chi connectivity index (χ4n) is 3.75. The van der Waals surface area contributed by atoms with Crippen LogP contribution >= 0.6 is 22.9 Å². The van der Waals surface area contributed by atoms with Crippen molar-refractivity contribution in [2.75, 3.05) is 6.54 Å². The highest BCUT2D eigenvalue weighted by Crippen LogP contribution is 2.35. The Bertz CT molecular complexity index is 1490. The van der Waals surface area contributed by atoms with Crippen molar-refractivity contribution in [3.8, 4) is 0 Å². The average Bonchev–Trinajstić information content (AvgIpc) is 3.34. The lowest BCUT2D eigenvalue weighted by Crippen LogP contribution is -2.41. The van der Waals surface area contributed by atoms with Gasteiger partial charge in [-0.3, -0.25) is 4.79 Å². The van der Waals surface area contributed by atoms with Crippen LogP contribution in [0.1, 0.15) is 23.1 Å². The van der Waals surface area contributed by atoms with E-state index in [2.05, 4.69) is 9.82 Å². The number of halogens is 4. The summed E-state index contributed by atoms with van der Waals surface area (Å²) < 4.78 is 61.5. The number of carbonyl (C=O) groups is 2. The second kappa shape index (κ2) is 11.7. The first-order chi connectivity index (χ1) is 17.7. The van der Waals surface area contributed by atoms with E-state index in [1.165, 1.54) is 17.6 Å². The lowest BCUT2D eigenvalue weighted by Gasteiger charge is -2.17. The summed E-state index contributed by atoms with van der Waals surface area (Å²) in [5.41, 5.74) is 2.39. The fourth-order valence-corrected chi connectivity index (χ4v) is 6.91. The van der Waals surface area contributed by atoms with Gasteiger partial charge in [0.25, 0.3) is 10.0 Å². The Kier molecular flexibility index (Phi) is 9.02. The molecule has 0 saturated carbocycles. The van der Waals surface area contributed by atoms with Crippen LogP contribution in [0.15, 0.2) is 51.8 Å². The third-order valence-corrected chi connectivity index (χ3v) is 9.08. The molecule has 3 aromatic rings. The van der Waals surface area contributed by atoms with Crippen molar-refractivity contribution in [3.05, 3.63) is 64.2 Å². The highest BCUT2D eigenvalue weighted by atomic mass is 35.5. The molecule has 38 heavy (non-hydrogen) atoms. The molecule has 0 unspecified atom stereocenters. The zero-order chi connectivity index (χ0) is 28.3. The number of thiophene rings is 1. The van der Waals surface area contributed by atoms with Gasteiger partial charge in [0.05, 0.1) is 6.21 Å². The Balaban J connectivity index is 0.000000505. The summed E-state index contributed by atoms with van der Waals surface area (Å²) in [7, 11) is -3.85. The summed E-state index contributed by atoms with van der Waals surface area (Å²) in [4.78, 5) is 23.4. The van der Waals surface area contributed by atoms with E-state index in [4.69, 9.17) is 27.3 Å². The van der Waals surface area contributed by atoms with E-state index in [1.807, 2.05) is 24.3 Å². The molecule has 1 fully saturated rings. The Morgan fingerprint density at radius 1 is 1.32 bits per heavy atom. The van der Waals surface area contributed by atoms with Gasteiger partial charge in [0.2, 0.25) is 5.91 Å². The van der Waals surface area contributed by atoms with Crippen molar-refractivity contribution in [1.82, 2.24) is 9.62 Å². The highest BCUT2D eigenvalue weighted by Gasteiger charge is 2.38. The molecule has 0 bridgehead atoms. The molecule has 0 spiro atoms. The quantitative estimate of drug-likeness (QED) is 0.226. The number of hydrogen-bond donors (Lipinski definition) is 3. The number of nitrogens with one attached hydrogen (secondary N) is 1. The molecule has 0 aliphatic carbocycles. The maximum Gasteiger partial charge on any atom is 0.490 e. The van der Waals surface area contributed by atoms with E-state index in [0.29, 0.717) is 30.1 Å². The minimum atomic E-state index is -5.08. The van der Waals surface area contributed by atoms with Crippen molar-refractivity contribution in [2.24, 2.45) is 10.9 Å². The van der Waals surface area contributed by atoms with Crippen molar-refractivity contribution in [1.29, 1.82) is 0 Å². The van der Waals surface area contributed by atoms with Crippen LogP contribution in [0, 0.1) is 6.92 Å². The second-order valence-corrected chi connectivity index (χ2v) is 11.6. The predicted molar refractivity (Wildman–Crippen MR) is 138 cm³/mol. The first-order valence-electron chi connectivity index (χ1n) is 10.8. The largest absolute Gasteiger partial charge is 0.490 e.